The number of hydrogen-bond donors (Lipinski definition) is 0. The maximum Gasteiger partial charge on any atom is 0.387 e. The Morgan fingerprint density at radius 3 is 2.39 bits per heavy atom. The number of alkyl halides is 2. The lowest BCUT2D eigenvalue weighted by Crippen LogP contribution is -2.33. The van der Waals surface area contributed by atoms with E-state index in [1.807, 2.05) is 30.3 Å². The second-order valence-electron chi connectivity index (χ2n) is 8.19. The number of benzene rings is 2. The van der Waals surface area contributed by atoms with E-state index in [4.69, 9.17) is 14.5 Å². The van der Waals surface area contributed by atoms with Crippen LogP contribution in [0.4, 0.5) is 8.78 Å². The molecule has 1 saturated heterocycles. The van der Waals surface area contributed by atoms with Gasteiger partial charge in [0.25, 0.3) is 0 Å². The van der Waals surface area contributed by atoms with Gasteiger partial charge in [-0.3, -0.25) is 4.90 Å². The van der Waals surface area contributed by atoms with Crippen molar-refractivity contribution in [2.45, 2.75) is 39.2 Å². The summed E-state index contributed by atoms with van der Waals surface area (Å²) in [5.74, 6) is 1.51. The van der Waals surface area contributed by atoms with E-state index in [0.29, 0.717) is 29.9 Å². The molecule has 0 spiro atoms. The van der Waals surface area contributed by atoms with Crippen molar-refractivity contribution in [3.63, 3.8) is 0 Å². The molecule has 1 aromatic heterocycles. The Hall–Kier alpha value is -2.93. The molecule has 7 heteroatoms. The number of piperidine rings is 1. The number of nitrogens with zero attached hydrogens (tertiary/aromatic N) is 2. The van der Waals surface area contributed by atoms with E-state index in [2.05, 4.69) is 16.6 Å². The Bertz CT molecular complexity index is 1040. The first kappa shape index (κ1) is 23.2. The van der Waals surface area contributed by atoms with E-state index in [0.717, 1.165) is 43.1 Å². The van der Waals surface area contributed by atoms with Crippen LogP contribution in [0.2, 0.25) is 0 Å². The first-order valence-corrected chi connectivity index (χ1v) is 11.6. The Morgan fingerprint density at radius 2 is 1.67 bits per heavy atom. The predicted molar refractivity (Wildman–Crippen MR) is 125 cm³/mol. The number of rotatable bonds is 10. The molecule has 2 heterocycles. The zero-order valence-corrected chi connectivity index (χ0v) is 18.9. The zero-order chi connectivity index (χ0) is 23.0. The number of fused-ring (bicyclic) bond motifs is 1. The molecular weight excluding hydrogens is 426 g/mol. The van der Waals surface area contributed by atoms with Crippen molar-refractivity contribution in [2.75, 3.05) is 32.8 Å². The average molecular weight is 457 g/mol. The van der Waals surface area contributed by atoms with Crippen LogP contribution < -0.4 is 14.2 Å². The normalized spacial score (nSPS) is 14.5. The summed E-state index contributed by atoms with van der Waals surface area (Å²) in [5.41, 5.74) is 2.34. The van der Waals surface area contributed by atoms with Gasteiger partial charge < -0.3 is 14.2 Å². The van der Waals surface area contributed by atoms with Crippen LogP contribution in [0.3, 0.4) is 0 Å². The zero-order valence-electron chi connectivity index (χ0n) is 18.9. The van der Waals surface area contributed by atoms with Gasteiger partial charge in [-0.25, -0.2) is 4.98 Å². The molecule has 5 nitrogen and oxygen atoms in total. The summed E-state index contributed by atoms with van der Waals surface area (Å²) in [6.07, 6.45) is 4.66. The lowest BCUT2D eigenvalue weighted by molar-refractivity contribution is -0.0497. The van der Waals surface area contributed by atoms with E-state index in [1.165, 1.54) is 25.3 Å². The fraction of sp³-hybridized carbons (Fsp3) is 0.423. The second-order valence-corrected chi connectivity index (χ2v) is 8.19. The highest BCUT2D eigenvalue weighted by atomic mass is 19.3. The van der Waals surface area contributed by atoms with Crippen LogP contribution in [0.25, 0.3) is 22.2 Å². The van der Waals surface area contributed by atoms with E-state index < -0.39 is 6.61 Å². The minimum atomic E-state index is -2.88. The number of ether oxygens (including phenoxy) is 3. The molecule has 1 aliphatic rings. The highest BCUT2D eigenvalue weighted by Gasteiger charge is 2.14. The van der Waals surface area contributed by atoms with Gasteiger partial charge in [-0.05, 0) is 74.8 Å². The summed E-state index contributed by atoms with van der Waals surface area (Å²) in [4.78, 5) is 7.14. The van der Waals surface area contributed by atoms with Crippen molar-refractivity contribution >= 4 is 10.9 Å². The molecule has 1 aliphatic heterocycles. The van der Waals surface area contributed by atoms with Crippen LogP contribution in [0.15, 0.2) is 48.5 Å². The molecule has 0 amide bonds. The molecule has 3 aromatic rings. The molecular formula is C26H30F2N2O3. The number of pyridine rings is 1. The SMILES string of the molecule is CCCOc1ccc(-c2cc(OCCN3CCCCC3)c3cc(OC(F)F)ccc3n2)cc1. The summed E-state index contributed by atoms with van der Waals surface area (Å²) in [6, 6.07) is 14.4. The van der Waals surface area contributed by atoms with Gasteiger partial charge in [0, 0.05) is 23.6 Å². The van der Waals surface area contributed by atoms with Gasteiger partial charge in [-0.15, -0.1) is 0 Å². The molecule has 33 heavy (non-hydrogen) atoms. The van der Waals surface area contributed by atoms with E-state index >= 15 is 0 Å². The van der Waals surface area contributed by atoms with Crippen LogP contribution in [0.5, 0.6) is 17.2 Å². The minimum Gasteiger partial charge on any atom is -0.494 e. The van der Waals surface area contributed by atoms with E-state index in [1.54, 1.807) is 12.1 Å². The number of likely N-dealkylation sites (tertiary alicyclic amines) is 1. The van der Waals surface area contributed by atoms with E-state index in [9.17, 15) is 8.78 Å². The first-order chi connectivity index (χ1) is 16.1. The lowest BCUT2D eigenvalue weighted by atomic mass is 10.1. The highest BCUT2D eigenvalue weighted by Crippen LogP contribution is 2.33. The summed E-state index contributed by atoms with van der Waals surface area (Å²) in [6.45, 7) is 3.38. The van der Waals surface area contributed by atoms with Gasteiger partial charge in [0.1, 0.15) is 23.9 Å². The van der Waals surface area contributed by atoms with Gasteiger partial charge in [0.15, 0.2) is 0 Å². The second kappa shape index (κ2) is 11.3. The summed E-state index contributed by atoms with van der Waals surface area (Å²) in [7, 11) is 0. The molecule has 0 unspecified atom stereocenters. The Kier molecular flexibility index (Phi) is 7.94. The number of aromatic nitrogens is 1. The fourth-order valence-corrected chi connectivity index (χ4v) is 4.03. The van der Waals surface area contributed by atoms with Crippen LogP contribution in [-0.4, -0.2) is 49.3 Å². The molecule has 2 aromatic carbocycles. The van der Waals surface area contributed by atoms with E-state index in [-0.39, 0.29) is 5.75 Å². The monoisotopic (exact) mass is 456 g/mol. The molecule has 176 valence electrons. The average Bonchev–Trinajstić information content (AvgIpc) is 2.83. The molecule has 0 bridgehead atoms. The number of halogens is 2. The van der Waals surface area contributed by atoms with Crippen LogP contribution in [0, 0.1) is 0 Å². The molecule has 0 N–H and O–H groups in total. The molecule has 4 rings (SSSR count). The predicted octanol–water partition coefficient (Wildman–Crippen LogP) is 6.16. The molecule has 0 radical (unpaired) electrons. The smallest absolute Gasteiger partial charge is 0.387 e. The van der Waals surface area contributed by atoms with Crippen molar-refractivity contribution in [3.8, 4) is 28.5 Å². The van der Waals surface area contributed by atoms with Crippen LogP contribution in [-0.2, 0) is 0 Å². The lowest BCUT2D eigenvalue weighted by Gasteiger charge is -2.26. The summed E-state index contributed by atoms with van der Waals surface area (Å²) >= 11 is 0. The van der Waals surface area contributed by atoms with Crippen molar-refractivity contribution < 1.29 is 23.0 Å². The third kappa shape index (κ3) is 6.32. The van der Waals surface area contributed by atoms with Crippen molar-refractivity contribution in [2.24, 2.45) is 0 Å². The largest absolute Gasteiger partial charge is 0.494 e. The van der Waals surface area contributed by atoms with Gasteiger partial charge in [-0.1, -0.05) is 13.3 Å². The first-order valence-electron chi connectivity index (χ1n) is 11.6. The van der Waals surface area contributed by atoms with Crippen LogP contribution >= 0.6 is 0 Å². The van der Waals surface area contributed by atoms with Gasteiger partial charge in [-0.2, -0.15) is 8.78 Å². The minimum absolute atomic E-state index is 0.0883. The maximum atomic E-state index is 12.7. The Balaban J connectivity index is 1.60. The van der Waals surface area contributed by atoms with Crippen LogP contribution in [0.1, 0.15) is 32.6 Å². The maximum absolute atomic E-state index is 12.7. The summed E-state index contributed by atoms with van der Waals surface area (Å²) in [5, 5.41) is 0.651. The van der Waals surface area contributed by atoms with Gasteiger partial charge >= 0.3 is 6.61 Å². The van der Waals surface area contributed by atoms with Gasteiger partial charge in [0.2, 0.25) is 0 Å². The third-order valence-corrected chi connectivity index (χ3v) is 5.70. The Labute approximate surface area is 193 Å². The molecule has 0 atom stereocenters. The molecule has 0 saturated carbocycles. The molecule has 0 aliphatic carbocycles. The number of hydrogen-bond acceptors (Lipinski definition) is 5. The standard InChI is InChI=1S/C26H30F2N2O3/c1-2-15-31-20-8-6-19(7-9-20)24-18-25(32-16-14-30-12-4-3-5-13-30)22-17-21(33-26(27)28)10-11-23(22)29-24/h6-11,17-18,26H,2-5,12-16H2,1H3. The van der Waals surface area contributed by atoms with Crippen molar-refractivity contribution in [1.82, 2.24) is 9.88 Å². The highest BCUT2D eigenvalue weighted by molar-refractivity contribution is 5.89. The Morgan fingerprint density at radius 1 is 0.909 bits per heavy atom. The van der Waals surface area contributed by atoms with Crippen molar-refractivity contribution in [1.29, 1.82) is 0 Å². The fourth-order valence-electron chi connectivity index (χ4n) is 4.03. The van der Waals surface area contributed by atoms with Crippen molar-refractivity contribution in [3.05, 3.63) is 48.5 Å². The molecule has 1 fully saturated rings. The third-order valence-electron chi connectivity index (χ3n) is 5.70. The van der Waals surface area contributed by atoms with Gasteiger partial charge in [0.05, 0.1) is 17.8 Å². The summed E-state index contributed by atoms with van der Waals surface area (Å²) < 4.78 is 41.9. The quantitative estimate of drug-likeness (QED) is 0.366. The topological polar surface area (TPSA) is 43.8 Å².